The fraction of sp³-hybridized carbons (Fsp3) is 0.143. The predicted molar refractivity (Wildman–Crippen MR) is 73.1 cm³/mol. The van der Waals surface area contributed by atoms with E-state index in [4.69, 9.17) is 11.6 Å². The van der Waals surface area contributed by atoms with E-state index in [-0.39, 0.29) is 5.91 Å². The second kappa shape index (κ2) is 5.19. The molecule has 0 fully saturated rings. The summed E-state index contributed by atoms with van der Waals surface area (Å²) in [6.07, 6.45) is 0. The van der Waals surface area contributed by atoms with E-state index < -0.39 is 0 Å². The quantitative estimate of drug-likeness (QED) is 0.839. The molecule has 0 unspecified atom stereocenters. The van der Waals surface area contributed by atoms with Crippen LogP contribution in [0.1, 0.15) is 21.6 Å². The van der Waals surface area contributed by atoms with Gasteiger partial charge in [0.05, 0.1) is 5.69 Å². The van der Waals surface area contributed by atoms with Gasteiger partial charge in [-0.15, -0.1) is 0 Å². The SMILES string of the molecule is Cc1ccc(C(=O)Nc2ccc(C)nc2Cl)cc1. The van der Waals surface area contributed by atoms with Crippen molar-refractivity contribution in [1.29, 1.82) is 0 Å². The molecule has 1 heterocycles. The summed E-state index contributed by atoms with van der Waals surface area (Å²) in [6.45, 7) is 3.82. The molecule has 0 atom stereocenters. The minimum Gasteiger partial charge on any atom is -0.319 e. The van der Waals surface area contributed by atoms with E-state index in [1.54, 1.807) is 24.3 Å². The molecule has 3 nitrogen and oxygen atoms in total. The molecule has 1 amide bonds. The number of nitrogens with one attached hydrogen (secondary N) is 1. The Labute approximate surface area is 111 Å². The molecule has 1 aromatic carbocycles. The molecule has 0 bridgehead atoms. The second-order valence-corrected chi connectivity index (χ2v) is 4.47. The molecule has 1 N–H and O–H groups in total. The van der Waals surface area contributed by atoms with E-state index in [9.17, 15) is 4.79 Å². The maximum atomic E-state index is 12.0. The molecule has 0 saturated heterocycles. The van der Waals surface area contributed by atoms with Gasteiger partial charge in [-0.25, -0.2) is 4.98 Å². The Morgan fingerprint density at radius 1 is 1.11 bits per heavy atom. The first kappa shape index (κ1) is 12.6. The van der Waals surface area contributed by atoms with Gasteiger partial charge < -0.3 is 5.32 Å². The van der Waals surface area contributed by atoms with Crippen LogP contribution in [0.5, 0.6) is 0 Å². The lowest BCUT2D eigenvalue weighted by Gasteiger charge is -2.07. The standard InChI is InChI=1S/C14H13ClN2O/c1-9-3-6-11(7-4-9)14(18)17-12-8-5-10(2)16-13(12)15/h3-8H,1-2H3,(H,17,18). The Morgan fingerprint density at radius 2 is 1.78 bits per heavy atom. The average Bonchev–Trinajstić information content (AvgIpc) is 2.33. The monoisotopic (exact) mass is 260 g/mol. The first-order valence-electron chi connectivity index (χ1n) is 5.57. The summed E-state index contributed by atoms with van der Waals surface area (Å²) in [5, 5.41) is 3.04. The van der Waals surface area contributed by atoms with Gasteiger partial charge in [0.1, 0.15) is 0 Å². The van der Waals surface area contributed by atoms with Gasteiger partial charge in [0.15, 0.2) is 5.15 Å². The fourth-order valence-electron chi connectivity index (χ4n) is 1.52. The van der Waals surface area contributed by atoms with E-state index in [0.29, 0.717) is 16.4 Å². The van der Waals surface area contributed by atoms with E-state index in [2.05, 4.69) is 10.3 Å². The topological polar surface area (TPSA) is 42.0 Å². The van der Waals surface area contributed by atoms with Crippen molar-refractivity contribution in [3.05, 3.63) is 58.4 Å². The van der Waals surface area contributed by atoms with Gasteiger partial charge in [-0.3, -0.25) is 4.79 Å². The van der Waals surface area contributed by atoms with Gasteiger partial charge in [0, 0.05) is 11.3 Å². The van der Waals surface area contributed by atoms with Crippen molar-refractivity contribution in [2.45, 2.75) is 13.8 Å². The fourth-order valence-corrected chi connectivity index (χ4v) is 1.76. The lowest BCUT2D eigenvalue weighted by molar-refractivity contribution is 0.102. The lowest BCUT2D eigenvalue weighted by Crippen LogP contribution is -2.12. The molecule has 0 radical (unpaired) electrons. The number of carbonyl (C=O) groups is 1. The van der Waals surface area contributed by atoms with Crippen LogP contribution in [0.25, 0.3) is 0 Å². The second-order valence-electron chi connectivity index (χ2n) is 4.11. The first-order valence-corrected chi connectivity index (χ1v) is 5.95. The average molecular weight is 261 g/mol. The summed E-state index contributed by atoms with van der Waals surface area (Å²) in [4.78, 5) is 16.1. The summed E-state index contributed by atoms with van der Waals surface area (Å²) < 4.78 is 0. The number of hydrogen-bond donors (Lipinski definition) is 1. The molecule has 2 aromatic rings. The zero-order chi connectivity index (χ0) is 13.1. The van der Waals surface area contributed by atoms with Crippen molar-refractivity contribution in [1.82, 2.24) is 4.98 Å². The molecule has 0 aliphatic heterocycles. The van der Waals surface area contributed by atoms with Crippen LogP contribution in [0.15, 0.2) is 36.4 Å². The Bertz CT molecular complexity index is 579. The van der Waals surface area contributed by atoms with Gasteiger partial charge >= 0.3 is 0 Å². The Balaban J connectivity index is 2.18. The lowest BCUT2D eigenvalue weighted by atomic mass is 10.1. The Kier molecular flexibility index (Phi) is 3.63. The summed E-state index contributed by atoms with van der Waals surface area (Å²) >= 11 is 5.96. The molecule has 0 aliphatic rings. The summed E-state index contributed by atoms with van der Waals surface area (Å²) in [5.41, 5.74) is 3.04. The van der Waals surface area contributed by atoms with Crippen LogP contribution >= 0.6 is 11.6 Å². The van der Waals surface area contributed by atoms with Gasteiger partial charge in [0.2, 0.25) is 0 Å². The highest BCUT2D eigenvalue weighted by Gasteiger charge is 2.08. The van der Waals surface area contributed by atoms with Crippen LogP contribution in [0.2, 0.25) is 5.15 Å². The van der Waals surface area contributed by atoms with Crippen molar-refractivity contribution in [3.63, 3.8) is 0 Å². The zero-order valence-corrected chi connectivity index (χ0v) is 11.0. The number of aryl methyl sites for hydroxylation is 2. The highest BCUT2D eigenvalue weighted by atomic mass is 35.5. The highest BCUT2D eigenvalue weighted by molar-refractivity contribution is 6.32. The number of anilines is 1. The number of carbonyl (C=O) groups excluding carboxylic acids is 1. The number of pyridine rings is 1. The predicted octanol–water partition coefficient (Wildman–Crippen LogP) is 3.60. The highest BCUT2D eigenvalue weighted by Crippen LogP contribution is 2.20. The van der Waals surface area contributed by atoms with Crippen molar-refractivity contribution >= 4 is 23.2 Å². The summed E-state index contributed by atoms with van der Waals surface area (Å²) in [6, 6.07) is 10.9. The molecule has 92 valence electrons. The molecule has 0 saturated carbocycles. The molecular weight excluding hydrogens is 248 g/mol. The van der Waals surface area contributed by atoms with E-state index >= 15 is 0 Å². The molecule has 2 rings (SSSR count). The third-order valence-corrected chi connectivity index (χ3v) is 2.84. The van der Waals surface area contributed by atoms with Crippen LogP contribution < -0.4 is 5.32 Å². The summed E-state index contributed by atoms with van der Waals surface area (Å²) in [5.74, 6) is -0.192. The number of halogens is 1. The normalized spacial score (nSPS) is 10.2. The van der Waals surface area contributed by atoms with Crippen molar-refractivity contribution in [2.75, 3.05) is 5.32 Å². The molecule has 0 aliphatic carbocycles. The Hall–Kier alpha value is -1.87. The van der Waals surface area contributed by atoms with E-state index in [1.165, 1.54) is 0 Å². The van der Waals surface area contributed by atoms with Crippen molar-refractivity contribution < 1.29 is 4.79 Å². The maximum absolute atomic E-state index is 12.0. The third kappa shape index (κ3) is 2.87. The molecular formula is C14H13ClN2O. The molecule has 18 heavy (non-hydrogen) atoms. The van der Waals surface area contributed by atoms with Crippen LogP contribution in [0.4, 0.5) is 5.69 Å². The van der Waals surface area contributed by atoms with Gasteiger partial charge in [-0.05, 0) is 38.1 Å². The molecule has 0 spiro atoms. The number of hydrogen-bond acceptors (Lipinski definition) is 2. The van der Waals surface area contributed by atoms with Gasteiger partial charge in [-0.2, -0.15) is 0 Å². The van der Waals surface area contributed by atoms with Gasteiger partial charge in [-0.1, -0.05) is 29.3 Å². The number of nitrogens with zero attached hydrogens (tertiary/aromatic N) is 1. The third-order valence-electron chi connectivity index (χ3n) is 2.55. The number of amides is 1. The first-order chi connectivity index (χ1) is 8.56. The van der Waals surface area contributed by atoms with Crippen molar-refractivity contribution in [2.24, 2.45) is 0 Å². The molecule has 4 heteroatoms. The van der Waals surface area contributed by atoms with Crippen LogP contribution in [-0.4, -0.2) is 10.9 Å². The molecule has 1 aromatic heterocycles. The van der Waals surface area contributed by atoms with Crippen LogP contribution in [0.3, 0.4) is 0 Å². The van der Waals surface area contributed by atoms with Crippen LogP contribution in [-0.2, 0) is 0 Å². The Morgan fingerprint density at radius 3 is 2.39 bits per heavy atom. The van der Waals surface area contributed by atoms with Gasteiger partial charge in [0.25, 0.3) is 5.91 Å². The minimum absolute atomic E-state index is 0.192. The smallest absolute Gasteiger partial charge is 0.255 e. The van der Waals surface area contributed by atoms with Crippen LogP contribution in [0, 0.1) is 13.8 Å². The minimum atomic E-state index is -0.192. The maximum Gasteiger partial charge on any atom is 0.255 e. The number of rotatable bonds is 2. The summed E-state index contributed by atoms with van der Waals surface area (Å²) in [7, 11) is 0. The van der Waals surface area contributed by atoms with E-state index in [1.807, 2.05) is 26.0 Å². The number of benzene rings is 1. The zero-order valence-electron chi connectivity index (χ0n) is 10.2. The number of aromatic nitrogens is 1. The van der Waals surface area contributed by atoms with Crippen molar-refractivity contribution in [3.8, 4) is 0 Å². The van der Waals surface area contributed by atoms with E-state index in [0.717, 1.165) is 11.3 Å². The largest absolute Gasteiger partial charge is 0.319 e.